The summed E-state index contributed by atoms with van der Waals surface area (Å²) in [6.45, 7) is 0.529. The van der Waals surface area contributed by atoms with Crippen molar-refractivity contribution < 1.29 is 24.1 Å². The Labute approximate surface area is 182 Å². The van der Waals surface area contributed by atoms with E-state index in [1.54, 1.807) is 7.11 Å². The zero-order valence-electron chi connectivity index (χ0n) is 17.0. The number of benzene rings is 2. The summed E-state index contributed by atoms with van der Waals surface area (Å²) >= 11 is 6.36. The predicted molar refractivity (Wildman–Crippen MR) is 116 cm³/mol. The van der Waals surface area contributed by atoms with Crippen molar-refractivity contribution in [2.45, 2.75) is 38.1 Å². The van der Waals surface area contributed by atoms with Crippen molar-refractivity contribution in [3.8, 4) is 5.75 Å². The molecule has 1 aliphatic rings. The van der Waals surface area contributed by atoms with Crippen molar-refractivity contribution in [1.29, 1.82) is 0 Å². The summed E-state index contributed by atoms with van der Waals surface area (Å²) in [5.74, 6) is 0.129. The molecule has 160 valence electrons. The summed E-state index contributed by atoms with van der Waals surface area (Å²) in [7, 11) is 1.66. The van der Waals surface area contributed by atoms with Crippen LogP contribution in [0.15, 0.2) is 60.7 Å². The van der Waals surface area contributed by atoms with Gasteiger partial charge in [0.2, 0.25) is 0 Å². The highest BCUT2D eigenvalue weighted by molar-refractivity contribution is 6.31. The maximum atomic E-state index is 10.6. The average Bonchev–Trinajstić information content (AvgIpc) is 2.76. The van der Waals surface area contributed by atoms with Gasteiger partial charge in [-0.25, -0.2) is 0 Å². The van der Waals surface area contributed by atoms with E-state index in [1.807, 2.05) is 60.7 Å². The molecule has 5 nitrogen and oxygen atoms in total. The van der Waals surface area contributed by atoms with Gasteiger partial charge in [0.15, 0.2) is 6.29 Å². The van der Waals surface area contributed by atoms with Gasteiger partial charge in [0.25, 0.3) is 0 Å². The first kappa shape index (κ1) is 22.3. The van der Waals surface area contributed by atoms with Crippen molar-refractivity contribution in [2.24, 2.45) is 5.92 Å². The number of aliphatic carboxylic acids is 1. The summed E-state index contributed by atoms with van der Waals surface area (Å²) in [6.07, 6.45) is 5.55. The topological polar surface area (TPSA) is 65.0 Å². The largest absolute Gasteiger partial charge is 0.496 e. The van der Waals surface area contributed by atoms with Gasteiger partial charge in [0.05, 0.1) is 19.8 Å². The fourth-order valence-electron chi connectivity index (χ4n) is 3.63. The molecule has 3 unspecified atom stereocenters. The van der Waals surface area contributed by atoms with Crippen LogP contribution in [0.2, 0.25) is 5.02 Å². The fourth-order valence-corrected chi connectivity index (χ4v) is 3.85. The van der Waals surface area contributed by atoms with E-state index in [1.165, 1.54) is 0 Å². The smallest absolute Gasteiger partial charge is 0.303 e. The van der Waals surface area contributed by atoms with E-state index in [-0.39, 0.29) is 18.4 Å². The SMILES string of the molecule is COc1ccccc1C1OC(c2ccccc2Cl)OCC1CCC=CCCC(=O)O. The van der Waals surface area contributed by atoms with Crippen LogP contribution in [0.3, 0.4) is 0 Å². The molecule has 1 aliphatic heterocycles. The van der Waals surface area contributed by atoms with Gasteiger partial charge < -0.3 is 19.3 Å². The molecular weight excluding hydrogens is 404 g/mol. The monoisotopic (exact) mass is 430 g/mol. The Morgan fingerprint density at radius 1 is 1.13 bits per heavy atom. The van der Waals surface area contributed by atoms with Crippen LogP contribution in [0, 0.1) is 5.92 Å². The van der Waals surface area contributed by atoms with Crippen LogP contribution in [-0.4, -0.2) is 24.8 Å². The van der Waals surface area contributed by atoms with Crippen molar-refractivity contribution in [3.63, 3.8) is 0 Å². The van der Waals surface area contributed by atoms with Crippen molar-refractivity contribution >= 4 is 17.6 Å². The van der Waals surface area contributed by atoms with Gasteiger partial charge in [-0.1, -0.05) is 60.2 Å². The molecule has 30 heavy (non-hydrogen) atoms. The highest BCUT2D eigenvalue weighted by Gasteiger charge is 2.35. The third-order valence-electron chi connectivity index (χ3n) is 5.16. The molecule has 2 aromatic carbocycles. The Kier molecular flexibility index (Phi) is 8.31. The normalized spacial score (nSPS) is 21.6. The van der Waals surface area contributed by atoms with E-state index < -0.39 is 12.3 Å². The molecule has 0 saturated carbocycles. The van der Waals surface area contributed by atoms with Crippen molar-refractivity contribution in [3.05, 3.63) is 76.8 Å². The Bertz CT molecular complexity index is 866. The molecule has 1 fully saturated rings. The van der Waals surface area contributed by atoms with E-state index in [0.29, 0.717) is 18.1 Å². The molecule has 0 aliphatic carbocycles. The number of para-hydroxylation sites is 1. The molecule has 0 amide bonds. The van der Waals surface area contributed by atoms with E-state index in [0.717, 1.165) is 29.7 Å². The lowest BCUT2D eigenvalue weighted by Crippen LogP contribution is -2.31. The maximum Gasteiger partial charge on any atom is 0.303 e. The minimum absolute atomic E-state index is 0.129. The molecule has 1 N–H and O–H groups in total. The number of hydrogen-bond acceptors (Lipinski definition) is 4. The molecular formula is C24H27ClO5. The molecule has 2 aromatic rings. The summed E-state index contributed by atoms with van der Waals surface area (Å²) in [4.78, 5) is 10.6. The molecule has 0 spiro atoms. The number of hydrogen-bond donors (Lipinski definition) is 1. The molecule has 6 heteroatoms. The van der Waals surface area contributed by atoms with Crippen LogP contribution in [-0.2, 0) is 14.3 Å². The molecule has 1 saturated heterocycles. The predicted octanol–water partition coefficient (Wildman–Crippen LogP) is 5.95. The van der Waals surface area contributed by atoms with Crippen LogP contribution < -0.4 is 4.74 Å². The van der Waals surface area contributed by atoms with Gasteiger partial charge in [0.1, 0.15) is 5.75 Å². The standard InChI is InChI=1S/C24H27ClO5/c1-28-21-14-9-7-12-19(21)23-17(10-4-2-3-5-15-22(26)27)16-29-24(30-23)18-11-6-8-13-20(18)25/h2-3,6-9,11-14,17,23-24H,4-5,10,15-16H2,1H3,(H,26,27). The van der Waals surface area contributed by atoms with Gasteiger partial charge in [-0.3, -0.25) is 4.79 Å². The summed E-state index contributed by atoms with van der Waals surface area (Å²) in [5, 5.41) is 9.35. The molecule has 0 bridgehead atoms. The third kappa shape index (κ3) is 5.85. The lowest BCUT2D eigenvalue weighted by molar-refractivity contribution is -0.245. The number of halogens is 1. The van der Waals surface area contributed by atoms with Gasteiger partial charge in [-0.05, 0) is 31.4 Å². The number of carboxylic acids is 1. The number of carbonyl (C=O) groups is 1. The second-order valence-corrected chi connectivity index (χ2v) is 7.63. The lowest BCUT2D eigenvalue weighted by atomic mass is 9.90. The van der Waals surface area contributed by atoms with E-state index in [4.69, 9.17) is 30.9 Å². The van der Waals surface area contributed by atoms with E-state index in [9.17, 15) is 4.79 Å². The first-order valence-electron chi connectivity index (χ1n) is 10.1. The maximum absolute atomic E-state index is 10.6. The van der Waals surface area contributed by atoms with E-state index >= 15 is 0 Å². The number of carboxylic acid groups (broad SMARTS) is 1. The Morgan fingerprint density at radius 3 is 2.57 bits per heavy atom. The summed E-state index contributed by atoms with van der Waals surface area (Å²) < 4.78 is 18.0. The van der Waals surface area contributed by atoms with Gasteiger partial charge in [0, 0.05) is 28.5 Å². The molecule has 1 heterocycles. The average molecular weight is 431 g/mol. The third-order valence-corrected chi connectivity index (χ3v) is 5.50. The quantitative estimate of drug-likeness (QED) is 0.498. The number of ether oxygens (including phenoxy) is 3. The molecule has 0 radical (unpaired) electrons. The molecule has 0 aromatic heterocycles. The van der Waals surface area contributed by atoms with Crippen molar-refractivity contribution in [1.82, 2.24) is 0 Å². The first-order chi connectivity index (χ1) is 14.6. The fraction of sp³-hybridized carbons (Fsp3) is 0.375. The number of methoxy groups -OCH3 is 1. The van der Waals surface area contributed by atoms with Gasteiger partial charge >= 0.3 is 5.97 Å². The van der Waals surface area contributed by atoms with Gasteiger partial charge in [-0.2, -0.15) is 0 Å². The summed E-state index contributed by atoms with van der Waals surface area (Å²) in [5.41, 5.74) is 1.80. The van der Waals surface area contributed by atoms with Crippen molar-refractivity contribution in [2.75, 3.05) is 13.7 Å². The molecule has 3 atom stereocenters. The Hall–Kier alpha value is -2.34. The van der Waals surface area contributed by atoms with Crippen LogP contribution in [0.4, 0.5) is 0 Å². The van der Waals surface area contributed by atoms with Crippen LogP contribution in [0.5, 0.6) is 5.75 Å². The number of allylic oxidation sites excluding steroid dienone is 2. The Balaban J connectivity index is 1.75. The second-order valence-electron chi connectivity index (χ2n) is 7.23. The first-order valence-corrected chi connectivity index (χ1v) is 10.5. The zero-order chi connectivity index (χ0) is 21.3. The van der Waals surface area contributed by atoms with E-state index in [2.05, 4.69) is 0 Å². The Morgan fingerprint density at radius 2 is 1.83 bits per heavy atom. The van der Waals surface area contributed by atoms with Crippen LogP contribution in [0.25, 0.3) is 0 Å². The lowest BCUT2D eigenvalue weighted by Gasteiger charge is -2.37. The minimum Gasteiger partial charge on any atom is -0.496 e. The number of rotatable bonds is 9. The highest BCUT2D eigenvalue weighted by Crippen LogP contribution is 2.44. The minimum atomic E-state index is -0.782. The van der Waals surface area contributed by atoms with Crippen LogP contribution in [0.1, 0.15) is 49.2 Å². The molecule has 3 rings (SSSR count). The second kappa shape index (κ2) is 11.2. The van der Waals surface area contributed by atoms with Crippen LogP contribution >= 0.6 is 11.6 Å². The van der Waals surface area contributed by atoms with Gasteiger partial charge in [-0.15, -0.1) is 0 Å². The zero-order valence-corrected chi connectivity index (χ0v) is 17.8. The summed E-state index contributed by atoms with van der Waals surface area (Å²) in [6, 6.07) is 15.4. The highest BCUT2D eigenvalue weighted by atomic mass is 35.5.